The molecule has 2 aromatic rings. The Balaban J connectivity index is 1.87. The maximum absolute atomic E-state index is 12.6. The van der Waals surface area contributed by atoms with E-state index < -0.39 is 0 Å². The van der Waals surface area contributed by atoms with Gasteiger partial charge in [-0.05, 0) is 92.8 Å². The second-order valence-electron chi connectivity index (χ2n) is 5.22. The number of halogens is 3. The van der Waals surface area contributed by atoms with Crippen LogP contribution >= 0.6 is 72.9 Å². The molecule has 0 spiro atoms. The standard InChI is InChI=1S/C17H10BrI2NO3S/c18-11-3-1-9(2-4-11)8-21-16(23)14(25-17(21)24)6-10-5-12(19)7-13(20)15(10)22/h1-7,22H,8H2/b14-6-. The summed E-state index contributed by atoms with van der Waals surface area (Å²) in [6.45, 7) is 0.227. The molecule has 3 rings (SSSR count). The van der Waals surface area contributed by atoms with Crippen LogP contribution in [-0.4, -0.2) is 21.2 Å². The first-order valence-electron chi connectivity index (χ1n) is 7.03. The highest BCUT2D eigenvalue weighted by Gasteiger charge is 2.35. The first-order valence-corrected chi connectivity index (χ1v) is 10.8. The Morgan fingerprint density at radius 1 is 1.16 bits per heavy atom. The van der Waals surface area contributed by atoms with E-state index in [-0.39, 0.29) is 23.4 Å². The highest BCUT2D eigenvalue weighted by molar-refractivity contribution is 14.1. The van der Waals surface area contributed by atoms with Crippen LogP contribution in [0, 0.1) is 7.14 Å². The molecular formula is C17H10BrI2NO3S. The van der Waals surface area contributed by atoms with E-state index >= 15 is 0 Å². The average molecular weight is 642 g/mol. The van der Waals surface area contributed by atoms with Gasteiger partial charge in [-0.3, -0.25) is 14.5 Å². The molecule has 0 atom stereocenters. The topological polar surface area (TPSA) is 57.6 Å². The van der Waals surface area contributed by atoms with Crippen molar-refractivity contribution in [2.75, 3.05) is 0 Å². The van der Waals surface area contributed by atoms with Gasteiger partial charge < -0.3 is 5.11 Å². The molecule has 1 aliphatic heterocycles. The molecule has 2 aromatic carbocycles. The van der Waals surface area contributed by atoms with Crippen LogP contribution in [0.4, 0.5) is 4.79 Å². The van der Waals surface area contributed by atoms with Gasteiger partial charge in [0.25, 0.3) is 11.1 Å². The Kier molecular flexibility index (Phi) is 6.11. The van der Waals surface area contributed by atoms with Crippen LogP contribution in [0.2, 0.25) is 0 Å². The molecule has 0 radical (unpaired) electrons. The Labute approximate surface area is 184 Å². The first kappa shape index (κ1) is 19.2. The molecule has 1 N–H and O–H groups in total. The number of carbonyl (C=O) groups is 2. The molecule has 0 saturated carbocycles. The van der Waals surface area contributed by atoms with Gasteiger partial charge in [0.1, 0.15) is 5.75 Å². The van der Waals surface area contributed by atoms with Crippen LogP contribution in [0.15, 0.2) is 45.8 Å². The molecule has 0 bridgehead atoms. The van der Waals surface area contributed by atoms with E-state index in [1.54, 1.807) is 12.1 Å². The van der Waals surface area contributed by atoms with Crippen molar-refractivity contribution in [3.8, 4) is 5.75 Å². The van der Waals surface area contributed by atoms with E-state index in [0.29, 0.717) is 14.0 Å². The van der Waals surface area contributed by atoms with E-state index in [4.69, 9.17) is 0 Å². The predicted molar refractivity (Wildman–Crippen MR) is 119 cm³/mol. The molecule has 0 aromatic heterocycles. The van der Waals surface area contributed by atoms with Crippen LogP contribution in [0.1, 0.15) is 11.1 Å². The van der Waals surface area contributed by atoms with Crippen molar-refractivity contribution in [1.82, 2.24) is 4.90 Å². The molecule has 0 unspecified atom stereocenters. The fraction of sp³-hybridized carbons (Fsp3) is 0.0588. The summed E-state index contributed by atoms with van der Waals surface area (Å²) in [5.41, 5.74) is 1.41. The average Bonchev–Trinajstić information content (AvgIpc) is 2.81. The molecule has 1 saturated heterocycles. The van der Waals surface area contributed by atoms with Crippen molar-refractivity contribution in [2.24, 2.45) is 0 Å². The Morgan fingerprint density at radius 2 is 1.84 bits per heavy atom. The Bertz CT molecular complexity index is 900. The summed E-state index contributed by atoms with van der Waals surface area (Å²) in [4.78, 5) is 26.4. The maximum atomic E-state index is 12.6. The number of thioether (sulfide) groups is 1. The molecule has 2 amide bonds. The lowest BCUT2D eigenvalue weighted by atomic mass is 10.2. The quantitative estimate of drug-likeness (QED) is 0.350. The molecule has 128 valence electrons. The van der Waals surface area contributed by atoms with Crippen LogP contribution in [-0.2, 0) is 11.3 Å². The highest BCUT2D eigenvalue weighted by Crippen LogP contribution is 2.36. The zero-order valence-corrected chi connectivity index (χ0v) is 19.2. The number of imide groups is 1. The van der Waals surface area contributed by atoms with Gasteiger partial charge in [-0.2, -0.15) is 0 Å². The first-order chi connectivity index (χ1) is 11.8. The van der Waals surface area contributed by atoms with Crippen molar-refractivity contribution in [2.45, 2.75) is 6.54 Å². The summed E-state index contributed by atoms with van der Waals surface area (Å²) >= 11 is 8.44. The number of phenols is 1. The van der Waals surface area contributed by atoms with Gasteiger partial charge in [0, 0.05) is 13.6 Å². The zero-order chi connectivity index (χ0) is 18.1. The van der Waals surface area contributed by atoms with Gasteiger partial charge in [0.2, 0.25) is 0 Å². The smallest absolute Gasteiger partial charge is 0.293 e. The molecule has 25 heavy (non-hydrogen) atoms. The van der Waals surface area contributed by atoms with Gasteiger partial charge in [0.15, 0.2) is 0 Å². The summed E-state index contributed by atoms with van der Waals surface area (Å²) in [6.07, 6.45) is 1.58. The summed E-state index contributed by atoms with van der Waals surface area (Å²) < 4.78 is 2.58. The summed E-state index contributed by atoms with van der Waals surface area (Å²) in [5.74, 6) is -0.230. The van der Waals surface area contributed by atoms with Gasteiger partial charge in [-0.25, -0.2) is 0 Å². The third kappa shape index (κ3) is 4.40. The minimum Gasteiger partial charge on any atom is -0.506 e. The number of hydrogen-bond donors (Lipinski definition) is 1. The van der Waals surface area contributed by atoms with Crippen molar-refractivity contribution in [3.05, 3.63) is 64.0 Å². The Morgan fingerprint density at radius 3 is 2.52 bits per heavy atom. The normalized spacial score (nSPS) is 16.1. The number of benzene rings is 2. The number of amides is 2. The van der Waals surface area contributed by atoms with Crippen LogP contribution in [0.5, 0.6) is 5.75 Å². The monoisotopic (exact) mass is 641 g/mol. The SMILES string of the molecule is O=C1S/C(=C\c2cc(I)cc(I)c2O)C(=O)N1Cc1ccc(Br)cc1. The minimum atomic E-state index is -0.341. The lowest BCUT2D eigenvalue weighted by Crippen LogP contribution is -2.27. The molecule has 1 heterocycles. The molecule has 1 aliphatic rings. The number of aromatic hydroxyl groups is 1. The summed E-state index contributed by atoms with van der Waals surface area (Å²) in [6, 6.07) is 11.1. The zero-order valence-electron chi connectivity index (χ0n) is 12.5. The Hall–Kier alpha value is -0.590. The van der Waals surface area contributed by atoms with Crippen LogP contribution in [0.3, 0.4) is 0 Å². The second-order valence-corrected chi connectivity index (χ2v) is 9.54. The molecule has 4 nitrogen and oxygen atoms in total. The van der Waals surface area contributed by atoms with Crippen LogP contribution < -0.4 is 0 Å². The van der Waals surface area contributed by atoms with Gasteiger partial charge in [-0.1, -0.05) is 28.1 Å². The van der Waals surface area contributed by atoms with Crippen molar-refractivity contribution >= 4 is 90.1 Å². The fourth-order valence-corrected chi connectivity index (χ4v) is 5.23. The minimum absolute atomic E-state index is 0.112. The predicted octanol–water partition coefficient (Wildman–Crippen LogP) is 5.60. The summed E-state index contributed by atoms with van der Waals surface area (Å²) in [7, 11) is 0. The lowest BCUT2D eigenvalue weighted by Gasteiger charge is -2.12. The molecule has 8 heteroatoms. The number of nitrogens with zero attached hydrogens (tertiary/aromatic N) is 1. The van der Waals surface area contributed by atoms with Crippen molar-refractivity contribution < 1.29 is 14.7 Å². The number of hydrogen-bond acceptors (Lipinski definition) is 4. The fourth-order valence-electron chi connectivity index (χ4n) is 2.25. The molecule has 0 aliphatic carbocycles. The van der Waals surface area contributed by atoms with Gasteiger partial charge >= 0.3 is 0 Å². The van der Waals surface area contributed by atoms with Crippen molar-refractivity contribution in [3.63, 3.8) is 0 Å². The highest BCUT2D eigenvalue weighted by atomic mass is 127. The van der Waals surface area contributed by atoms with E-state index in [2.05, 4.69) is 38.5 Å². The van der Waals surface area contributed by atoms with E-state index in [1.807, 2.05) is 52.9 Å². The largest absolute Gasteiger partial charge is 0.506 e. The van der Waals surface area contributed by atoms with Gasteiger partial charge in [0.05, 0.1) is 15.0 Å². The molecule has 1 fully saturated rings. The van der Waals surface area contributed by atoms with Crippen LogP contribution in [0.25, 0.3) is 6.08 Å². The number of rotatable bonds is 3. The maximum Gasteiger partial charge on any atom is 0.293 e. The lowest BCUT2D eigenvalue weighted by molar-refractivity contribution is -0.123. The third-order valence-electron chi connectivity index (χ3n) is 3.47. The third-order valence-corrected chi connectivity index (χ3v) is 6.35. The second kappa shape index (κ2) is 7.97. The van der Waals surface area contributed by atoms with E-state index in [1.165, 1.54) is 4.90 Å². The number of carbonyl (C=O) groups excluding carboxylic acids is 2. The molecular weight excluding hydrogens is 632 g/mol. The summed E-state index contributed by atoms with van der Waals surface area (Å²) in [5, 5.41) is 9.88. The van der Waals surface area contributed by atoms with Gasteiger partial charge in [-0.15, -0.1) is 0 Å². The van der Waals surface area contributed by atoms with E-state index in [9.17, 15) is 14.7 Å². The van der Waals surface area contributed by atoms with E-state index in [0.717, 1.165) is 25.4 Å². The van der Waals surface area contributed by atoms with Crippen molar-refractivity contribution in [1.29, 1.82) is 0 Å². The number of phenolic OH excluding ortho intramolecular Hbond substituents is 1.